The third-order valence-electron chi connectivity index (χ3n) is 4.41. The highest BCUT2D eigenvalue weighted by atomic mass is 16.5. The lowest BCUT2D eigenvalue weighted by Gasteiger charge is -2.17. The van der Waals surface area contributed by atoms with Crippen molar-refractivity contribution in [3.63, 3.8) is 0 Å². The first-order valence-electron chi connectivity index (χ1n) is 9.16. The highest BCUT2D eigenvalue weighted by molar-refractivity contribution is 5.93. The van der Waals surface area contributed by atoms with Crippen LogP contribution in [0.3, 0.4) is 0 Å². The van der Waals surface area contributed by atoms with E-state index in [4.69, 9.17) is 13.8 Å². The normalized spacial score (nSPS) is 12.1. The maximum atomic E-state index is 12.7. The van der Waals surface area contributed by atoms with E-state index in [1.54, 1.807) is 25.3 Å². The fourth-order valence-corrected chi connectivity index (χ4v) is 2.77. The molecule has 1 aromatic carbocycles. The van der Waals surface area contributed by atoms with Gasteiger partial charge in [-0.05, 0) is 30.2 Å². The molecule has 4 rings (SSSR count). The van der Waals surface area contributed by atoms with E-state index in [2.05, 4.69) is 35.8 Å². The molecular formula is C19H19N7O4. The summed E-state index contributed by atoms with van der Waals surface area (Å²) in [6.07, 6.45) is 1.35. The Hall–Kier alpha value is -4.02. The Balaban J connectivity index is 1.50. The molecule has 0 fully saturated rings. The molecule has 2 N–H and O–H groups in total. The van der Waals surface area contributed by atoms with Crippen LogP contribution in [-0.4, -0.2) is 43.5 Å². The number of aromatic amines is 1. The summed E-state index contributed by atoms with van der Waals surface area (Å²) < 4.78 is 15.8. The fraction of sp³-hybridized carbons (Fsp3) is 0.263. The average Bonchev–Trinajstić information content (AvgIpc) is 3.52. The van der Waals surface area contributed by atoms with E-state index >= 15 is 0 Å². The van der Waals surface area contributed by atoms with Crippen molar-refractivity contribution in [2.45, 2.75) is 19.9 Å². The molecule has 0 aliphatic heterocycles. The number of hydrogen-bond donors (Lipinski definition) is 2. The van der Waals surface area contributed by atoms with E-state index in [9.17, 15) is 4.79 Å². The SMILES string of the molecule is COc1ccc(-c2cc(C(=O)NC(c3nc(-c4ncn[nH]4)no3)C(C)C)no2)cc1. The maximum absolute atomic E-state index is 12.7. The van der Waals surface area contributed by atoms with Gasteiger partial charge in [0, 0.05) is 11.6 Å². The van der Waals surface area contributed by atoms with E-state index in [1.807, 2.05) is 26.0 Å². The summed E-state index contributed by atoms with van der Waals surface area (Å²) in [5.41, 5.74) is 0.915. The minimum atomic E-state index is -0.525. The van der Waals surface area contributed by atoms with Crippen molar-refractivity contribution in [1.82, 2.24) is 35.8 Å². The number of ether oxygens (including phenoxy) is 1. The number of rotatable bonds is 7. The second-order valence-corrected chi connectivity index (χ2v) is 6.79. The van der Waals surface area contributed by atoms with E-state index in [0.717, 1.165) is 11.3 Å². The third-order valence-corrected chi connectivity index (χ3v) is 4.41. The Bertz CT molecular complexity index is 1120. The Morgan fingerprint density at radius 3 is 2.63 bits per heavy atom. The second kappa shape index (κ2) is 8.15. The Morgan fingerprint density at radius 2 is 1.97 bits per heavy atom. The zero-order chi connectivity index (χ0) is 21.1. The predicted octanol–water partition coefficient (Wildman–Crippen LogP) is 2.65. The number of aromatic nitrogens is 6. The van der Waals surface area contributed by atoms with Crippen LogP contribution in [0.15, 0.2) is 45.7 Å². The first kappa shape index (κ1) is 19.3. The molecular weight excluding hydrogens is 390 g/mol. The largest absolute Gasteiger partial charge is 0.497 e. The molecule has 3 aromatic heterocycles. The monoisotopic (exact) mass is 409 g/mol. The molecule has 0 spiro atoms. The molecule has 3 heterocycles. The van der Waals surface area contributed by atoms with Gasteiger partial charge in [0.05, 0.1) is 7.11 Å². The molecule has 0 saturated heterocycles. The van der Waals surface area contributed by atoms with Crippen LogP contribution in [-0.2, 0) is 0 Å². The van der Waals surface area contributed by atoms with E-state index in [1.165, 1.54) is 6.33 Å². The minimum absolute atomic E-state index is 0.0232. The van der Waals surface area contributed by atoms with Gasteiger partial charge in [-0.1, -0.05) is 24.2 Å². The summed E-state index contributed by atoms with van der Waals surface area (Å²) in [6, 6.07) is 8.29. The Kier molecular flexibility index (Phi) is 5.24. The van der Waals surface area contributed by atoms with Gasteiger partial charge in [-0.2, -0.15) is 10.1 Å². The molecule has 0 aliphatic carbocycles. The molecule has 1 atom stereocenters. The smallest absolute Gasteiger partial charge is 0.274 e. The lowest BCUT2D eigenvalue weighted by molar-refractivity contribution is 0.0904. The minimum Gasteiger partial charge on any atom is -0.497 e. The number of carbonyl (C=O) groups excluding carboxylic acids is 1. The van der Waals surface area contributed by atoms with Crippen molar-refractivity contribution in [2.24, 2.45) is 5.92 Å². The number of carbonyl (C=O) groups is 1. The third kappa shape index (κ3) is 3.90. The van der Waals surface area contributed by atoms with Gasteiger partial charge in [-0.3, -0.25) is 9.89 Å². The number of benzene rings is 1. The van der Waals surface area contributed by atoms with Crippen LogP contribution < -0.4 is 10.1 Å². The molecule has 11 nitrogen and oxygen atoms in total. The summed E-state index contributed by atoms with van der Waals surface area (Å²) in [5, 5.41) is 17.1. The van der Waals surface area contributed by atoms with Crippen molar-refractivity contribution in [1.29, 1.82) is 0 Å². The summed E-state index contributed by atoms with van der Waals surface area (Å²) >= 11 is 0. The topological polar surface area (TPSA) is 145 Å². The van der Waals surface area contributed by atoms with Crippen LogP contribution >= 0.6 is 0 Å². The highest BCUT2D eigenvalue weighted by Gasteiger charge is 2.27. The standard InChI is InChI=1S/C19H19N7O4/c1-10(2)15(19-23-17(26-30-19)16-20-9-21-24-16)22-18(27)13-8-14(29-25-13)11-4-6-12(28-3)7-5-11/h4-10,15H,1-3H3,(H,22,27)(H,20,21,24). The quantitative estimate of drug-likeness (QED) is 0.470. The number of amides is 1. The molecule has 0 bridgehead atoms. The van der Waals surface area contributed by atoms with Crippen molar-refractivity contribution in [2.75, 3.05) is 7.11 Å². The van der Waals surface area contributed by atoms with Gasteiger partial charge < -0.3 is 19.1 Å². The van der Waals surface area contributed by atoms with Crippen LogP contribution in [0.2, 0.25) is 0 Å². The molecule has 1 unspecified atom stereocenters. The van der Waals surface area contributed by atoms with Crippen molar-refractivity contribution >= 4 is 5.91 Å². The fourth-order valence-electron chi connectivity index (χ4n) is 2.77. The van der Waals surface area contributed by atoms with Crippen LogP contribution in [0.4, 0.5) is 0 Å². The van der Waals surface area contributed by atoms with Crippen molar-refractivity contribution in [3.8, 4) is 28.7 Å². The van der Waals surface area contributed by atoms with Crippen LogP contribution in [0.25, 0.3) is 23.0 Å². The van der Waals surface area contributed by atoms with E-state index < -0.39 is 11.9 Å². The van der Waals surface area contributed by atoms with E-state index in [0.29, 0.717) is 11.6 Å². The predicted molar refractivity (Wildman–Crippen MR) is 103 cm³/mol. The van der Waals surface area contributed by atoms with Gasteiger partial charge in [-0.15, -0.1) is 0 Å². The molecule has 4 aromatic rings. The van der Waals surface area contributed by atoms with Crippen LogP contribution in [0.1, 0.15) is 36.3 Å². The second-order valence-electron chi connectivity index (χ2n) is 6.79. The van der Waals surface area contributed by atoms with Crippen molar-refractivity contribution < 1.29 is 18.6 Å². The van der Waals surface area contributed by atoms with E-state index in [-0.39, 0.29) is 23.3 Å². The van der Waals surface area contributed by atoms with Gasteiger partial charge in [-0.25, -0.2) is 4.98 Å². The maximum Gasteiger partial charge on any atom is 0.274 e. The van der Waals surface area contributed by atoms with Crippen LogP contribution in [0, 0.1) is 5.92 Å². The molecule has 154 valence electrons. The highest BCUT2D eigenvalue weighted by Crippen LogP contribution is 2.25. The molecule has 0 saturated carbocycles. The molecule has 0 radical (unpaired) electrons. The Morgan fingerprint density at radius 1 is 1.17 bits per heavy atom. The summed E-state index contributed by atoms with van der Waals surface area (Å²) in [4.78, 5) is 21.0. The molecule has 11 heteroatoms. The van der Waals surface area contributed by atoms with Gasteiger partial charge in [0.2, 0.25) is 11.7 Å². The Labute approximate surface area is 170 Å². The van der Waals surface area contributed by atoms with Gasteiger partial charge in [0.25, 0.3) is 5.91 Å². The number of nitrogens with one attached hydrogen (secondary N) is 2. The first-order valence-corrected chi connectivity index (χ1v) is 9.16. The number of methoxy groups -OCH3 is 1. The van der Waals surface area contributed by atoms with Crippen molar-refractivity contribution in [3.05, 3.63) is 48.2 Å². The average molecular weight is 409 g/mol. The molecule has 1 amide bonds. The summed E-state index contributed by atoms with van der Waals surface area (Å²) in [7, 11) is 1.59. The lowest BCUT2D eigenvalue weighted by atomic mass is 10.0. The summed E-state index contributed by atoms with van der Waals surface area (Å²) in [5.74, 6) is 1.63. The molecule has 0 aliphatic rings. The zero-order valence-corrected chi connectivity index (χ0v) is 16.5. The zero-order valence-electron chi connectivity index (χ0n) is 16.5. The number of H-pyrrole nitrogens is 1. The lowest BCUT2D eigenvalue weighted by Crippen LogP contribution is -2.32. The molecule has 30 heavy (non-hydrogen) atoms. The first-order chi connectivity index (χ1) is 14.5. The summed E-state index contributed by atoms with van der Waals surface area (Å²) in [6.45, 7) is 3.85. The number of hydrogen-bond acceptors (Lipinski definition) is 9. The number of nitrogens with zero attached hydrogens (tertiary/aromatic N) is 5. The van der Waals surface area contributed by atoms with Gasteiger partial charge >= 0.3 is 0 Å². The van der Waals surface area contributed by atoms with Gasteiger partial charge in [0.1, 0.15) is 18.1 Å². The van der Waals surface area contributed by atoms with Gasteiger partial charge in [0.15, 0.2) is 17.3 Å². The van der Waals surface area contributed by atoms with Crippen LogP contribution in [0.5, 0.6) is 5.75 Å².